The van der Waals surface area contributed by atoms with Crippen molar-refractivity contribution in [1.29, 1.82) is 5.26 Å². The first-order chi connectivity index (χ1) is 10.8. The summed E-state index contributed by atoms with van der Waals surface area (Å²) < 4.78 is 26.4. The summed E-state index contributed by atoms with van der Waals surface area (Å²) in [6.45, 7) is 1.84. The number of carbonyl (C=O) groups excluding carboxylic acids is 1. The van der Waals surface area contributed by atoms with E-state index in [-0.39, 0.29) is 21.9 Å². The smallest absolute Gasteiger partial charge is 0.264 e. The van der Waals surface area contributed by atoms with Crippen LogP contribution in [0.2, 0.25) is 5.02 Å². The molecule has 0 fully saturated rings. The summed E-state index contributed by atoms with van der Waals surface area (Å²) in [6.07, 6.45) is -0.0457. The highest BCUT2D eigenvalue weighted by molar-refractivity contribution is 7.90. The summed E-state index contributed by atoms with van der Waals surface area (Å²) in [5.41, 5.74) is 1.82. The SMILES string of the molecule is Cc1ccccc1CC(=O)NS(=O)(=O)c1ccc(C#N)c(Cl)c1. The highest BCUT2D eigenvalue weighted by Crippen LogP contribution is 2.20. The van der Waals surface area contributed by atoms with Gasteiger partial charge in [-0.05, 0) is 36.2 Å². The van der Waals surface area contributed by atoms with Crippen LogP contribution in [0.15, 0.2) is 47.4 Å². The van der Waals surface area contributed by atoms with Gasteiger partial charge in [0.25, 0.3) is 10.0 Å². The number of rotatable bonds is 4. The summed E-state index contributed by atoms with van der Waals surface area (Å²) in [4.78, 5) is 11.8. The molecule has 2 rings (SSSR count). The van der Waals surface area contributed by atoms with Crippen molar-refractivity contribution in [1.82, 2.24) is 4.72 Å². The Morgan fingerprint density at radius 1 is 1.26 bits per heavy atom. The van der Waals surface area contributed by atoms with E-state index in [1.165, 1.54) is 12.1 Å². The molecule has 0 aliphatic heterocycles. The van der Waals surface area contributed by atoms with Crippen LogP contribution < -0.4 is 4.72 Å². The molecule has 1 N–H and O–H groups in total. The quantitative estimate of drug-likeness (QED) is 0.919. The first kappa shape index (κ1) is 17.0. The number of nitrogens with one attached hydrogen (secondary N) is 1. The Morgan fingerprint density at radius 3 is 2.57 bits per heavy atom. The van der Waals surface area contributed by atoms with Gasteiger partial charge in [0, 0.05) is 0 Å². The zero-order valence-corrected chi connectivity index (χ0v) is 13.8. The van der Waals surface area contributed by atoms with E-state index in [2.05, 4.69) is 0 Å². The van der Waals surface area contributed by atoms with Gasteiger partial charge in [-0.2, -0.15) is 5.26 Å². The number of carbonyl (C=O) groups is 1. The van der Waals surface area contributed by atoms with Crippen LogP contribution in [-0.2, 0) is 21.2 Å². The van der Waals surface area contributed by atoms with Gasteiger partial charge in [-0.15, -0.1) is 0 Å². The van der Waals surface area contributed by atoms with Crippen molar-refractivity contribution in [3.05, 3.63) is 64.2 Å². The predicted octanol–water partition coefficient (Wildman–Crippen LogP) is 2.57. The number of benzene rings is 2. The van der Waals surface area contributed by atoms with Crippen molar-refractivity contribution >= 4 is 27.5 Å². The van der Waals surface area contributed by atoms with E-state index in [0.29, 0.717) is 0 Å². The van der Waals surface area contributed by atoms with Gasteiger partial charge in [-0.25, -0.2) is 13.1 Å². The molecule has 0 radical (unpaired) electrons. The second-order valence-electron chi connectivity index (χ2n) is 4.89. The summed E-state index contributed by atoms with van der Waals surface area (Å²) >= 11 is 5.82. The molecule has 0 saturated carbocycles. The third kappa shape index (κ3) is 4.09. The fraction of sp³-hybridized carbons (Fsp3) is 0.125. The van der Waals surface area contributed by atoms with Crippen LogP contribution >= 0.6 is 11.6 Å². The number of hydrogen-bond acceptors (Lipinski definition) is 4. The number of hydrogen-bond donors (Lipinski definition) is 1. The van der Waals surface area contributed by atoms with Crippen molar-refractivity contribution in [2.75, 3.05) is 0 Å². The van der Waals surface area contributed by atoms with Crippen LogP contribution in [0.1, 0.15) is 16.7 Å². The summed E-state index contributed by atoms with van der Waals surface area (Å²) in [7, 11) is -4.03. The van der Waals surface area contributed by atoms with E-state index in [9.17, 15) is 13.2 Å². The molecule has 0 saturated heterocycles. The molecular weight excluding hydrogens is 336 g/mol. The summed E-state index contributed by atoms with van der Waals surface area (Å²) in [5.74, 6) is -0.639. The molecule has 0 aromatic heterocycles. The molecule has 0 aliphatic carbocycles. The maximum Gasteiger partial charge on any atom is 0.264 e. The number of halogens is 1. The fourth-order valence-electron chi connectivity index (χ4n) is 1.98. The number of aryl methyl sites for hydroxylation is 1. The highest BCUT2D eigenvalue weighted by atomic mass is 35.5. The van der Waals surface area contributed by atoms with Gasteiger partial charge in [0.15, 0.2) is 0 Å². The molecular formula is C16H13ClN2O3S. The molecule has 0 unspecified atom stereocenters. The lowest BCUT2D eigenvalue weighted by Gasteiger charge is -2.09. The van der Waals surface area contributed by atoms with Gasteiger partial charge in [-0.3, -0.25) is 4.79 Å². The van der Waals surface area contributed by atoms with Crippen LogP contribution in [0, 0.1) is 18.3 Å². The zero-order valence-electron chi connectivity index (χ0n) is 12.2. The summed E-state index contributed by atoms with van der Waals surface area (Å²) in [5, 5.41) is 8.81. The lowest BCUT2D eigenvalue weighted by molar-refractivity contribution is -0.118. The van der Waals surface area contributed by atoms with Gasteiger partial charge in [0.1, 0.15) is 6.07 Å². The lowest BCUT2D eigenvalue weighted by Crippen LogP contribution is -2.32. The van der Waals surface area contributed by atoms with Gasteiger partial charge >= 0.3 is 0 Å². The van der Waals surface area contributed by atoms with E-state index in [0.717, 1.165) is 17.2 Å². The minimum atomic E-state index is -4.03. The second kappa shape index (κ2) is 6.82. The highest BCUT2D eigenvalue weighted by Gasteiger charge is 2.19. The number of amides is 1. The molecule has 0 heterocycles. The Balaban J connectivity index is 2.18. The average Bonchev–Trinajstić information content (AvgIpc) is 2.49. The minimum absolute atomic E-state index is 0.0155. The molecule has 0 aliphatic rings. The Labute approximate surface area is 139 Å². The van der Waals surface area contributed by atoms with Crippen molar-refractivity contribution in [3.8, 4) is 6.07 Å². The largest absolute Gasteiger partial charge is 0.274 e. The molecule has 2 aromatic rings. The van der Waals surface area contributed by atoms with E-state index >= 15 is 0 Å². The minimum Gasteiger partial charge on any atom is -0.274 e. The van der Waals surface area contributed by atoms with E-state index in [4.69, 9.17) is 16.9 Å². The van der Waals surface area contributed by atoms with E-state index in [1.54, 1.807) is 12.1 Å². The Morgan fingerprint density at radius 2 is 1.96 bits per heavy atom. The Kier molecular flexibility index (Phi) is 5.04. The molecule has 7 heteroatoms. The molecule has 2 aromatic carbocycles. The van der Waals surface area contributed by atoms with Crippen LogP contribution in [0.4, 0.5) is 0 Å². The molecule has 118 valence electrons. The molecule has 0 spiro atoms. The number of nitriles is 1. The average molecular weight is 349 g/mol. The Bertz CT molecular complexity index is 902. The maximum absolute atomic E-state index is 12.2. The van der Waals surface area contributed by atoms with Crippen LogP contribution in [-0.4, -0.2) is 14.3 Å². The van der Waals surface area contributed by atoms with Gasteiger partial charge in [-0.1, -0.05) is 35.9 Å². The summed E-state index contributed by atoms with van der Waals surface area (Å²) in [6, 6.07) is 12.7. The van der Waals surface area contributed by atoms with Gasteiger partial charge in [0.2, 0.25) is 5.91 Å². The second-order valence-corrected chi connectivity index (χ2v) is 6.97. The number of sulfonamides is 1. The van der Waals surface area contributed by atoms with Crippen molar-refractivity contribution < 1.29 is 13.2 Å². The molecule has 23 heavy (non-hydrogen) atoms. The molecule has 0 bridgehead atoms. The van der Waals surface area contributed by atoms with Gasteiger partial charge in [0.05, 0.1) is 21.9 Å². The third-order valence-electron chi connectivity index (χ3n) is 3.23. The topological polar surface area (TPSA) is 87.0 Å². The molecule has 0 atom stereocenters. The molecule has 5 nitrogen and oxygen atoms in total. The fourth-order valence-corrected chi connectivity index (χ4v) is 3.28. The van der Waals surface area contributed by atoms with Crippen molar-refractivity contribution in [3.63, 3.8) is 0 Å². The van der Waals surface area contributed by atoms with Crippen LogP contribution in [0.3, 0.4) is 0 Å². The standard InChI is InChI=1S/C16H13ClN2O3S/c1-11-4-2-3-5-12(11)8-16(20)19-23(21,22)14-7-6-13(10-18)15(17)9-14/h2-7,9H,8H2,1H3,(H,19,20). The first-order valence-electron chi connectivity index (χ1n) is 6.63. The monoisotopic (exact) mass is 348 g/mol. The predicted molar refractivity (Wildman–Crippen MR) is 86.4 cm³/mol. The third-order valence-corrected chi connectivity index (χ3v) is 4.92. The first-order valence-corrected chi connectivity index (χ1v) is 8.49. The number of nitrogens with zero attached hydrogens (tertiary/aromatic N) is 1. The lowest BCUT2D eigenvalue weighted by atomic mass is 10.1. The molecule has 1 amide bonds. The van der Waals surface area contributed by atoms with Crippen molar-refractivity contribution in [2.24, 2.45) is 0 Å². The maximum atomic E-state index is 12.2. The normalized spacial score (nSPS) is 10.8. The zero-order chi connectivity index (χ0) is 17.0. The Hall–Kier alpha value is -2.36. The van der Waals surface area contributed by atoms with Crippen LogP contribution in [0.25, 0.3) is 0 Å². The van der Waals surface area contributed by atoms with E-state index < -0.39 is 15.9 Å². The van der Waals surface area contributed by atoms with Gasteiger partial charge < -0.3 is 0 Å². The van der Waals surface area contributed by atoms with Crippen molar-refractivity contribution in [2.45, 2.75) is 18.2 Å². The van der Waals surface area contributed by atoms with E-state index in [1.807, 2.05) is 29.8 Å². The van der Waals surface area contributed by atoms with Crippen LogP contribution in [0.5, 0.6) is 0 Å².